The standard InChI is InChI=1S/C10H20O7.C6H12O6.C4H10O2.CH4/c11-3-1-2-4-16-10-9(15)8(14)7(13)6(5-12)17-10;7-1-2-3(8)4(9)5(10)6(11)12-2;5-3-1-2-4-6;/h6-15H,1-5H2;2-11H,1H2;5-6H,1-4H2;1H4/p+1/t6-,7-,8+,9-,10+;2?,3-,4-,5?,6+;;/m11../s1. The first kappa shape index (κ1) is 37.6. The summed E-state index contributed by atoms with van der Waals surface area (Å²) in [6.45, 7) is -0.300. The number of hydrogen-bond donors (Lipinski definition) is 12. The van der Waals surface area contributed by atoms with Crippen LogP contribution in [0.3, 0.4) is 0 Å². The Morgan fingerprint density at radius 1 is 0.528 bits per heavy atom. The van der Waals surface area contributed by atoms with Crippen LogP contribution in [0.1, 0.15) is 34.5 Å². The predicted octanol–water partition coefficient (Wildman–Crippen LogP) is -5.15. The molecule has 220 valence electrons. The Morgan fingerprint density at radius 3 is 1.39 bits per heavy atom. The maximum atomic E-state index is 9.59. The smallest absolute Gasteiger partial charge is 0.396 e. The minimum Gasteiger partial charge on any atom is -0.396 e. The van der Waals surface area contributed by atoms with Crippen LogP contribution in [0, 0.1) is 0 Å². The molecular weight excluding hydrogens is 492 g/mol. The van der Waals surface area contributed by atoms with E-state index in [0.717, 1.165) is 12.8 Å². The molecule has 2 aliphatic heterocycles. The zero-order valence-corrected chi connectivity index (χ0v) is 19.4. The predicted molar refractivity (Wildman–Crippen MR) is 123 cm³/mol. The van der Waals surface area contributed by atoms with Gasteiger partial charge in [0.25, 0.3) is 0 Å². The van der Waals surface area contributed by atoms with Gasteiger partial charge in [-0.15, -0.1) is 0 Å². The Balaban J connectivity index is -0.000000507. The highest BCUT2D eigenvalue weighted by Gasteiger charge is 2.44. The zero-order chi connectivity index (χ0) is 27.0. The minimum absolute atomic E-state index is 0. The molecule has 0 aromatic carbocycles. The van der Waals surface area contributed by atoms with Gasteiger partial charge in [0, 0.05) is 26.4 Å². The van der Waals surface area contributed by atoms with Gasteiger partial charge in [0.2, 0.25) is 0 Å². The summed E-state index contributed by atoms with van der Waals surface area (Å²) in [7, 11) is 0. The lowest BCUT2D eigenvalue weighted by Crippen LogP contribution is -2.59. The van der Waals surface area contributed by atoms with Gasteiger partial charge in [-0.1, -0.05) is 7.43 Å². The van der Waals surface area contributed by atoms with E-state index in [9.17, 15) is 15.3 Å². The van der Waals surface area contributed by atoms with E-state index in [1.807, 2.05) is 0 Å². The third kappa shape index (κ3) is 12.8. The normalized spacial score (nSPS) is 36.0. The number of hydrogen-bond acceptors (Lipinski definition) is 15. The van der Waals surface area contributed by atoms with Gasteiger partial charge in [-0.05, 0) is 25.7 Å². The highest BCUT2D eigenvalue weighted by molar-refractivity contribution is 4.89. The molecule has 2 saturated heterocycles. The van der Waals surface area contributed by atoms with Crippen LogP contribution in [0.2, 0.25) is 0 Å². The Kier molecular flexibility index (Phi) is 22.3. The van der Waals surface area contributed by atoms with Crippen molar-refractivity contribution in [2.24, 2.45) is 0 Å². The first-order valence-corrected chi connectivity index (χ1v) is 11.3. The fourth-order valence-corrected chi connectivity index (χ4v) is 2.92. The van der Waals surface area contributed by atoms with Crippen LogP contribution < -0.4 is 0 Å². The molecule has 0 aromatic rings. The summed E-state index contributed by atoms with van der Waals surface area (Å²) in [5.41, 5.74) is 0. The fourth-order valence-electron chi connectivity index (χ4n) is 2.92. The van der Waals surface area contributed by atoms with E-state index < -0.39 is 74.6 Å². The summed E-state index contributed by atoms with van der Waals surface area (Å²) < 4.78 is 14.9. The van der Waals surface area contributed by atoms with Crippen molar-refractivity contribution in [3.8, 4) is 0 Å². The van der Waals surface area contributed by atoms with E-state index in [2.05, 4.69) is 4.74 Å². The molecule has 12 N–H and O–H groups in total. The monoisotopic (exact) mass is 539 g/mol. The van der Waals surface area contributed by atoms with Crippen LogP contribution >= 0.6 is 0 Å². The molecule has 0 bridgehead atoms. The Labute approximate surface area is 211 Å². The van der Waals surface area contributed by atoms with Gasteiger partial charge >= 0.3 is 1.43 Å². The van der Waals surface area contributed by atoms with Crippen molar-refractivity contribution in [3.05, 3.63) is 0 Å². The lowest BCUT2D eigenvalue weighted by molar-refractivity contribution is -0.301. The van der Waals surface area contributed by atoms with Crippen molar-refractivity contribution in [2.75, 3.05) is 39.6 Å². The molecule has 2 fully saturated rings. The number of rotatable bonds is 10. The molecule has 0 spiro atoms. The Hall–Kier alpha value is -0.600. The summed E-state index contributed by atoms with van der Waals surface area (Å²) in [5.74, 6) is 0. The highest BCUT2D eigenvalue weighted by Crippen LogP contribution is 2.22. The molecule has 15 heteroatoms. The van der Waals surface area contributed by atoms with Crippen molar-refractivity contribution in [2.45, 2.75) is 94.5 Å². The van der Waals surface area contributed by atoms with Crippen molar-refractivity contribution >= 4 is 0 Å². The van der Waals surface area contributed by atoms with Crippen LogP contribution in [0.5, 0.6) is 0 Å². The topological polar surface area (TPSA) is 270 Å². The minimum atomic E-state index is -1.57. The second-order valence-electron chi connectivity index (χ2n) is 7.87. The second-order valence-corrected chi connectivity index (χ2v) is 7.87. The molecule has 15 nitrogen and oxygen atoms in total. The zero-order valence-electron chi connectivity index (χ0n) is 20.4. The van der Waals surface area contributed by atoms with E-state index >= 15 is 0 Å². The number of ether oxygens (including phenoxy) is 3. The van der Waals surface area contributed by atoms with E-state index in [4.69, 9.17) is 55.4 Å². The summed E-state index contributed by atoms with van der Waals surface area (Å²) in [6.07, 6.45) is -10.6. The number of aliphatic hydroxyl groups excluding tert-OH is 12. The van der Waals surface area contributed by atoms with Gasteiger partial charge in [-0.2, -0.15) is 0 Å². The van der Waals surface area contributed by atoms with Crippen molar-refractivity contribution in [1.29, 1.82) is 0 Å². The molecule has 10 atom stereocenters. The van der Waals surface area contributed by atoms with E-state index in [1.54, 1.807) is 0 Å². The molecule has 0 saturated carbocycles. The third-order valence-electron chi connectivity index (χ3n) is 5.12. The molecule has 2 aliphatic rings. The maximum Gasteiger partial charge on any atom is 1.00 e. The number of aliphatic hydroxyl groups is 12. The van der Waals surface area contributed by atoms with Crippen LogP contribution in [-0.2, 0) is 14.2 Å². The molecule has 0 aromatic heterocycles. The average molecular weight is 540 g/mol. The van der Waals surface area contributed by atoms with Crippen molar-refractivity contribution in [3.63, 3.8) is 0 Å². The largest absolute Gasteiger partial charge is 1.00 e. The Bertz CT molecular complexity index is 498. The highest BCUT2D eigenvalue weighted by atomic mass is 16.7. The van der Waals surface area contributed by atoms with E-state index in [0.29, 0.717) is 12.8 Å². The molecule has 2 rings (SSSR count). The summed E-state index contributed by atoms with van der Waals surface area (Å²) >= 11 is 0. The first-order chi connectivity index (χ1) is 16.6. The van der Waals surface area contributed by atoms with Gasteiger partial charge in [-0.25, -0.2) is 0 Å². The maximum absolute atomic E-state index is 9.59. The van der Waals surface area contributed by atoms with Crippen LogP contribution in [-0.4, -0.2) is 162 Å². The molecule has 2 heterocycles. The van der Waals surface area contributed by atoms with Crippen LogP contribution in [0.25, 0.3) is 0 Å². The van der Waals surface area contributed by atoms with Crippen LogP contribution in [0.4, 0.5) is 0 Å². The number of unbranched alkanes of at least 4 members (excludes halogenated alkanes) is 2. The SMILES string of the molecule is C.OCC1O[C@H](O)C(O)[C@H](O)[C@@H]1O.OCCCCO.OCCCCO[C@H]1O[C@H](CO)[C@@H](O)[C@H](O)[C@H]1O.[H+]. The molecule has 0 radical (unpaired) electrons. The molecule has 2 unspecified atom stereocenters. The van der Waals surface area contributed by atoms with E-state index in [1.165, 1.54) is 0 Å². The molecule has 0 aliphatic carbocycles. The lowest BCUT2D eigenvalue weighted by atomic mass is 9.99. The fraction of sp³-hybridized carbons (Fsp3) is 1.00. The van der Waals surface area contributed by atoms with Gasteiger partial charge in [0.15, 0.2) is 12.6 Å². The molecule has 0 amide bonds. The van der Waals surface area contributed by atoms with Gasteiger partial charge in [-0.3, -0.25) is 0 Å². The lowest BCUT2D eigenvalue weighted by Gasteiger charge is -2.39. The van der Waals surface area contributed by atoms with Crippen LogP contribution in [0.15, 0.2) is 0 Å². The summed E-state index contributed by atoms with van der Waals surface area (Å²) in [5, 5.41) is 107. The first-order valence-electron chi connectivity index (χ1n) is 11.3. The van der Waals surface area contributed by atoms with Gasteiger partial charge in [0.05, 0.1) is 13.2 Å². The quantitative estimate of drug-likeness (QED) is 0.116. The van der Waals surface area contributed by atoms with Crippen molar-refractivity contribution < 1.29 is 76.9 Å². The van der Waals surface area contributed by atoms with Gasteiger partial charge in [0.1, 0.15) is 48.8 Å². The van der Waals surface area contributed by atoms with Gasteiger partial charge < -0.3 is 75.5 Å². The van der Waals surface area contributed by atoms with Crippen molar-refractivity contribution in [1.82, 2.24) is 0 Å². The second kappa shape index (κ2) is 21.3. The molecule has 36 heavy (non-hydrogen) atoms. The molecular formula is C21H47O15+. The summed E-state index contributed by atoms with van der Waals surface area (Å²) in [6, 6.07) is 0. The third-order valence-corrected chi connectivity index (χ3v) is 5.12. The average Bonchev–Trinajstić information content (AvgIpc) is 2.86. The van der Waals surface area contributed by atoms with E-state index in [-0.39, 0.29) is 35.3 Å². The summed E-state index contributed by atoms with van der Waals surface area (Å²) in [4.78, 5) is 0. The Morgan fingerprint density at radius 2 is 0.944 bits per heavy atom.